The first-order valence-electron chi connectivity index (χ1n) is 5.99. The van der Waals surface area contributed by atoms with Gasteiger partial charge >= 0.3 is 6.03 Å². The first kappa shape index (κ1) is 20.3. The van der Waals surface area contributed by atoms with Gasteiger partial charge in [0.05, 0.1) is 15.7 Å². The van der Waals surface area contributed by atoms with E-state index in [1.807, 2.05) is 6.92 Å². The van der Waals surface area contributed by atoms with Crippen LogP contribution in [0.4, 0.5) is 10.5 Å². The quantitative estimate of drug-likeness (QED) is 0.481. The van der Waals surface area contributed by atoms with Gasteiger partial charge in [0.2, 0.25) is 0 Å². The number of nitrogens with one attached hydrogen (secondary N) is 2. The second-order valence-electron chi connectivity index (χ2n) is 4.15. The number of rotatable bonds is 4. The van der Waals surface area contributed by atoms with Crippen LogP contribution in [0.5, 0.6) is 0 Å². The van der Waals surface area contributed by atoms with Crippen LogP contribution in [0.3, 0.4) is 0 Å². The average Bonchev–Trinajstić information content (AvgIpc) is 2.35. The molecule has 3 amide bonds. The minimum absolute atomic E-state index is 0. The van der Waals surface area contributed by atoms with E-state index in [4.69, 9.17) is 40.1 Å². The van der Waals surface area contributed by atoms with E-state index in [0.717, 1.165) is 0 Å². The number of amides is 3. The number of nitrogens with zero attached hydrogens (tertiary/aromatic N) is 1. The molecule has 1 aromatic rings. The Balaban J connectivity index is 0.00000441. The standard InChI is InChI=1S/C12H15Cl2N5O2.ClH/c1-2-3-19(12(17)21)9-7(13)4-6(5-8(9)14)10(20)18-11(15)16;/h4-5H,2-3H2,1H3,(H2,17,21)(H4,15,16,18,20);1H. The third-order valence-corrected chi connectivity index (χ3v) is 3.09. The number of hydrogen-bond donors (Lipinski definition) is 4. The Labute approximate surface area is 143 Å². The summed E-state index contributed by atoms with van der Waals surface area (Å²) in [5.41, 5.74) is 10.7. The SMILES string of the molecule is CCCN(C(N)=O)c1c(Cl)cc(C(=O)NC(=N)N)cc1Cl.Cl. The predicted molar refractivity (Wildman–Crippen MR) is 90.3 cm³/mol. The Hall–Kier alpha value is -1.70. The highest BCUT2D eigenvalue weighted by atomic mass is 35.5. The first-order chi connectivity index (χ1) is 9.77. The van der Waals surface area contributed by atoms with E-state index in [1.54, 1.807) is 0 Å². The molecule has 0 saturated heterocycles. The van der Waals surface area contributed by atoms with E-state index in [2.05, 4.69) is 5.32 Å². The highest BCUT2D eigenvalue weighted by Gasteiger charge is 2.21. The Kier molecular flexibility index (Phi) is 8.00. The lowest BCUT2D eigenvalue weighted by molar-refractivity contribution is 0.0976. The molecule has 0 fully saturated rings. The van der Waals surface area contributed by atoms with Crippen molar-refractivity contribution in [2.45, 2.75) is 13.3 Å². The topological polar surface area (TPSA) is 125 Å². The number of benzene rings is 1. The summed E-state index contributed by atoms with van der Waals surface area (Å²) in [4.78, 5) is 24.4. The Morgan fingerprint density at radius 1 is 1.27 bits per heavy atom. The second kappa shape index (κ2) is 8.67. The van der Waals surface area contributed by atoms with Crippen LogP contribution in [0, 0.1) is 5.41 Å². The molecular formula is C12H16Cl3N5O2. The highest BCUT2D eigenvalue weighted by molar-refractivity contribution is 6.40. The third kappa shape index (κ3) is 4.94. The molecule has 0 unspecified atom stereocenters. The lowest BCUT2D eigenvalue weighted by atomic mass is 10.1. The molecule has 0 saturated carbocycles. The van der Waals surface area contributed by atoms with Crippen molar-refractivity contribution in [2.75, 3.05) is 11.4 Å². The average molecular weight is 369 g/mol. The number of guanidine groups is 1. The fourth-order valence-corrected chi connectivity index (χ4v) is 2.40. The molecule has 7 nitrogen and oxygen atoms in total. The molecule has 0 atom stereocenters. The van der Waals surface area contributed by atoms with E-state index in [1.165, 1.54) is 17.0 Å². The van der Waals surface area contributed by atoms with Crippen molar-refractivity contribution in [3.63, 3.8) is 0 Å². The van der Waals surface area contributed by atoms with Crippen LogP contribution in [0.2, 0.25) is 10.0 Å². The van der Waals surface area contributed by atoms with Crippen molar-refractivity contribution in [2.24, 2.45) is 11.5 Å². The number of carbonyl (C=O) groups excluding carboxylic acids is 2. The number of urea groups is 1. The molecule has 0 heterocycles. The molecule has 1 aromatic carbocycles. The Morgan fingerprint density at radius 3 is 2.14 bits per heavy atom. The number of anilines is 1. The van der Waals surface area contributed by atoms with Gasteiger partial charge < -0.3 is 11.5 Å². The summed E-state index contributed by atoms with van der Waals surface area (Å²) in [6.45, 7) is 2.21. The van der Waals surface area contributed by atoms with Crippen molar-refractivity contribution in [3.8, 4) is 0 Å². The van der Waals surface area contributed by atoms with Crippen LogP contribution < -0.4 is 21.7 Å². The fraction of sp³-hybridized carbons (Fsp3) is 0.250. The van der Waals surface area contributed by atoms with Crippen LogP contribution >= 0.6 is 35.6 Å². The van der Waals surface area contributed by atoms with Gasteiger partial charge in [-0.15, -0.1) is 12.4 Å². The van der Waals surface area contributed by atoms with Crippen LogP contribution in [0.25, 0.3) is 0 Å². The minimum Gasteiger partial charge on any atom is -0.370 e. The van der Waals surface area contributed by atoms with Gasteiger partial charge in [0.25, 0.3) is 5.91 Å². The zero-order chi connectivity index (χ0) is 16.2. The van der Waals surface area contributed by atoms with Gasteiger partial charge in [-0.05, 0) is 18.6 Å². The number of halogens is 3. The summed E-state index contributed by atoms with van der Waals surface area (Å²) in [5.74, 6) is -1.12. The molecular weight excluding hydrogens is 353 g/mol. The molecule has 0 aliphatic rings. The molecule has 0 spiro atoms. The molecule has 0 bridgehead atoms. The van der Waals surface area contributed by atoms with Crippen molar-refractivity contribution in [1.82, 2.24) is 5.32 Å². The summed E-state index contributed by atoms with van der Waals surface area (Å²) in [7, 11) is 0. The maximum Gasteiger partial charge on any atom is 0.319 e. The molecule has 0 radical (unpaired) electrons. The minimum atomic E-state index is -0.693. The normalized spacial score (nSPS) is 9.59. The Morgan fingerprint density at radius 2 is 1.77 bits per heavy atom. The van der Waals surface area contributed by atoms with E-state index in [-0.39, 0.29) is 33.7 Å². The van der Waals surface area contributed by atoms with Gasteiger partial charge in [0.15, 0.2) is 5.96 Å². The summed E-state index contributed by atoms with van der Waals surface area (Å²) in [5, 5.41) is 9.32. The van der Waals surface area contributed by atoms with Crippen molar-refractivity contribution in [1.29, 1.82) is 5.41 Å². The number of carbonyl (C=O) groups is 2. The number of primary amides is 1. The molecule has 10 heteroatoms. The van der Waals surface area contributed by atoms with Gasteiger partial charge in [0, 0.05) is 12.1 Å². The van der Waals surface area contributed by atoms with Gasteiger partial charge in [-0.25, -0.2) is 4.79 Å². The zero-order valence-corrected chi connectivity index (χ0v) is 14.0. The molecule has 6 N–H and O–H groups in total. The number of nitrogens with two attached hydrogens (primary N) is 2. The van der Waals surface area contributed by atoms with Gasteiger partial charge in [0.1, 0.15) is 0 Å². The summed E-state index contributed by atoms with van der Waals surface area (Å²) in [6, 6.07) is 1.96. The Bertz CT molecular complexity index is 571. The highest BCUT2D eigenvalue weighted by Crippen LogP contribution is 2.35. The summed E-state index contributed by atoms with van der Waals surface area (Å²) in [6.07, 6.45) is 0.655. The molecule has 0 aliphatic heterocycles. The van der Waals surface area contributed by atoms with E-state index in [9.17, 15) is 9.59 Å². The van der Waals surface area contributed by atoms with E-state index >= 15 is 0 Å². The third-order valence-electron chi connectivity index (χ3n) is 2.51. The molecule has 0 aliphatic carbocycles. The molecule has 1 rings (SSSR count). The first-order valence-corrected chi connectivity index (χ1v) is 6.74. The fourth-order valence-electron chi connectivity index (χ4n) is 1.70. The largest absolute Gasteiger partial charge is 0.370 e. The summed E-state index contributed by atoms with van der Waals surface area (Å²) >= 11 is 12.2. The smallest absolute Gasteiger partial charge is 0.319 e. The van der Waals surface area contributed by atoms with Crippen LogP contribution in [-0.4, -0.2) is 24.4 Å². The van der Waals surface area contributed by atoms with Crippen LogP contribution in [0.1, 0.15) is 23.7 Å². The van der Waals surface area contributed by atoms with Gasteiger partial charge in [-0.1, -0.05) is 30.1 Å². The zero-order valence-electron chi connectivity index (χ0n) is 11.7. The monoisotopic (exact) mass is 367 g/mol. The maximum atomic E-state index is 11.7. The second-order valence-corrected chi connectivity index (χ2v) is 4.96. The lowest BCUT2D eigenvalue weighted by Crippen LogP contribution is -2.37. The predicted octanol–water partition coefficient (Wildman–Crippen LogP) is 2.33. The van der Waals surface area contributed by atoms with Crippen LogP contribution in [-0.2, 0) is 0 Å². The van der Waals surface area contributed by atoms with E-state index < -0.39 is 17.9 Å². The molecule has 22 heavy (non-hydrogen) atoms. The lowest BCUT2D eigenvalue weighted by Gasteiger charge is -2.22. The van der Waals surface area contributed by atoms with Crippen molar-refractivity contribution >= 4 is 59.2 Å². The van der Waals surface area contributed by atoms with Crippen LogP contribution in [0.15, 0.2) is 12.1 Å². The van der Waals surface area contributed by atoms with Gasteiger partial charge in [-0.2, -0.15) is 0 Å². The molecule has 122 valence electrons. The van der Waals surface area contributed by atoms with Gasteiger partial charge in [-0.3, -0.25) is 20.4 Å². The van der Waals surface area contributed by atoms with Crippen molar-refractivity contribution in [3.05, 3.63) is 27.7 Å². The number of hydrogen-bond acceptors (Lipinski definition) is 3. The molecule has 0 aromatic heterocycles. The van der Waals surface area contributed by atoms with Crippen molar-refractivity contribution < 1.29 is 9.59 Å². The summed E-state index contributed by atoms with van der Waals surface area (Å²) < 4.78 is 0. The maximum absolute atomic E-state index is 11.7. The van der Waals surface area contributed by atoms with E-state index in [0.29, 0.717) is 13.0 Å².